The Kier molecular flexibility index (Phi) is 4.64. The number of ether oxygens (including phenoxy) is 1. The van der Waals surface area contributed by atoms with E-state index in [9.17, 15) is 8.78 Å². The van der Waals surface area contributed by atoms with Gasteiger partial charge in [-0.15, -0.1) is 0 Å². The Morgan fingerprint density at radius 3 is 2.54 bits per heavy atom. The highest BCUT2D eigenvalue weighted by molar-refractivity contribution is 5.92. The molecule has 1 aliphatic carbocycles. The second-order valence-electron chi connectivity index (χ2n) is 5.90. The number of guanidine groups is 1. The van der Waals surface area contributed by atoms with Gasteiger partial charge in [-0.2, -0.15) is 0 Å². The third-order valence-electron chi connectivity index (χ3n) is 4.13. The summed E-state index contributed by atoms with van der Waals surface area (Å²) in [7, 11) is 1.60. The summed E-state index contributed by atoms with van der Waals surface area (Å²) in [5.74, 6) is 0.0719. The summed E-state index contributed by atoms with van der Waals surface area (Å²) < 4.78 is 31.7. The summed E-state index contributed by atoms with van der Waals surface area (Å²) in [5.41, 5.74) is 7.39. The molecule has 0 unspecified atom stereocenters. The molecule has 126 valence electrons. The molecule has 0 aromatic heterocycles. The quantitative estimate of drug-likeness (QED) is 0.664. The SMILES string of the molecule is COc1cccc(NC(N)=NC2CC(c3cc(F)cc(F)c3)C2)c1. The molecule has 0 saturated heterocycles. The number of nitrogens with one attached hydrogen (secondary N) is 1. The highest BCUT2D eigenvalue weighted by atomic mass is 19.1. The Bertz CT molecular complexity index is 737. The van der Waals surface area contributed by atoms with Crippen molar-refractivity contribution >= 4 is 11.6 Å². The first-order valence-electron chi connectivity index (χ1n) is 7.74. The van der Waals surface area contributed by atoms with Crippen molar-refractivity contribution in [2.24, 2.45) is 10.7 Å². The van der Waals surface area contributed by atoms with Crippen LogP contribution >= 0.6 is 0 Å². The molecule has 3 rings (SSSR count). The molecular formula is C18H19F2N3O. The van der Waals surface area contributed by atoms with Gasteiger partial charge in [-0.05, 0) is 48.6 Å². The minimum absolute atomic E-state index is 0.0550. The highest BCUT2D eigenvalue weighted by Gasteiger charge is 2.30. The third kappa shape index (κ3) is 3.82. The molecule has 3 N–H and O–H groups in total. The Morgan fingerprint density at radius 1 is 1.17 bits per heavy atom. The van der Waals surface area contributed by atoms with E-state index in [-0.39, 0.29) is 12.0 Å². The average Bonchev–Trinajstić information content (AvgIpc) is 2.49. The number of nitrogens with zero attached hydrogens (tertiary/aromatic N) is 1. The van der Waals surface area contributed by atoms with Crippen molar-refractivity contribution in [2.45, 2.75) is 24.8 Å². The number of hydrogen-bond donors (Lipinski definition) is 2. The van der Waals surface area contributed by atoms with Crippen LogP contribution in [-0.2, 0) is 0 Å². The lowest BCUT2D eigenvalue weighted by Gasteiger charge is -2.33. The van der Waals surface area contributed by atoms with Crippen LogP contribution in [0.15, 0.2) is 47.5 Å². The van der Waals surface area contributed by atoms with Gasteiger partial charge < -0.3 is 15.8 Å². The van der Waals surface area contributed by atoms with Gasteiger partial charge in [0.2, 0.25) is 0 Å². The van der Waals surface area contributed by atoms with Gasteiger partial charge in [-0.1, -0.05) is 6.07 Å². The van der Waals surface area contributed by atoms with E-state index in [1.165, 1.54) is 12.1 Å². The zero-order valence-electron chi connectivity index (χ0n) is 13.3. The number of hydrogen-bond acceptors (Lipinski definition) is 2. The number of anilines is 1. The van der Waals surface area contributed by atoms with Gasteiger partial charge >= 0.3 is 0 Å². The molecule has 0 spiro atoms. The minimum Gasteiger partial charge on any atom is -0.497 e. The van der Waals surface area contributed by atoms with Crippen molar-refractivity contribution in [3.8, 4) is 5.75 Å². The molecule has 1 fully saturated rings. The van der Waals surface area contributed by atoms with Crippen LogP contribution in [0.3, 0.4) is 0 Å². The lowest BCUT2D eigenvalue weighted by molar-refractivity contribution is 0.351. The standard InChI is InChI=1S/C18H19F2N3O/c1-24-17-4-2-3-15(10-17)22-18(21)23-16-7-12(8-16)11-5-13(19)9-14(20)6-11/h2-6,9-10,12,16H,7-8H2,1H3,(H3,21,22,23). The van der Waals surface area contributed by atoms with Crippen molar-refractivity contribution in [3.63, 3.8) is 0 Å². The smallest absolute Gasteiger partial charge is 0.193 e. The molecule has 24 heavy (non-hydrogen) atoms. The molecule has 0 heterocycles. The Morgan fingerprint density at radius 2 is 1.88 bits per heavy atom. The third-order valence-corrected chi connectivity index (χ3v) is 4.13. The summed E-state index contributed by atoms with van der Waals surface area (Å²) >= 11 is 0. The van der Waals surface area contributed by atoms with Gasteiger partial charge in [-0.25, -0.2) is 13.8 Å². The van der Waals surface area contributed by atoms with E-state index in [0.717, 1.165) is 30.3 Å². The summed E-state index contributed by atoms with van der Waals surface area (Å²) in [6, 6.07) is 11.1. The maximum absolute atomic E-state index is 13.3. The van der Waals surface area contributed by atoms with E-state index >= 15 is 0 Å². The van der Waals surface area contributed by atoms with Gasteiger partial charge in [0.05, 0.1) is 13.2 Å². The van der Waals surface area contributed by atoms with Crippen LogP contribution in [0.4, 0.5) is 14.5 Å². The first-order valence-corrected chi connectivity index (χ1v) is 7.74. The van der Waals surface area contributed by atoms with E-state index in [4.69, 9.17) is 10.5 Å². The first kappa shape index (κ1) is 16.2. The fourth-order valence-corrected chi connectivity index (χ4v) is 2.85. The van der Waals surface area contributed by atoms with E-state index in [1.807, 2.05) is 24.3 Å². The van der Waals surface area contributed by atoms with Crippen LogP contribution in [0.5, 0.6) is 5.75 Å². The average molecular weight is 331 g/mol. The minimum atomic E-state index is -0.545. The Balaban J connectivity index is 1.58. The molecule has 0 amide bonds. The Labute approximate surface area is 139 Å². The van der Waals surface area contributed by atoms with Gasteiger partial charge in [0.15, 0.2) is 5.96 Å². The van der Waals surface area contributed by atoms with Crippen molar-refractivity contribution in [3.05, 3.63) is 59.7 Å². The van der Waals surface area contributed by atoms with Crippen molar-refractivity contribution in [1.82, 2.24) is 0 Å². The fourth-order valence-electron chi connectivity index (χ4n) is 2.85. The molecule has 6 heteroatoms. The normalized spacial score (nSPS) is 20.4. The molecule has 1 aliphatic rings. The van der Waals surface area contributed by atoms with Crippen molar-refractivity contribution in [2.75, 3.05) is 12.4 Å². The van der Waals surface area contributed by atoms with E-state index in [0.29, 0.717) is 11.5 Å². The molecule has 0 atom stereocenters. The van der Waals surface area contributed by atoms with Crippen molar-refractivity contribution in [1.29, 1.82) is 0 Å². The number of methoxy groups -OCH3 is 1. The monoisotopic (exact) mass is 331 g/mol. The zero-order chi connectivity index (χ0) is 17.1. The molecule has 4 nitrogen and oxygen atoms in total. The topological polar surface area (TPSA) is 59.6 Å². The maximum Gasteiger partial charge on any atom is 0.193 e. The maximum atomic E-state index is 13.3. The largest absolute Gasteiger partial charge is 0.497 e. The van der Waals surface area contributed by atoms with Crippen LogP contribution in [0, 0.1) is 11.6 Å². The van der Waals surface area contributed by atoms with Crippen LogP contribution < -0.4 is 15.8 Å². The number of halogens is 2. The lowest BCUT2D eigenvalue weighted by Crippen LogP contribution is -2.31. The van der Waals surface area contributed by atoms with E-state index in [1.54, 1.807) is 7.11 Å². The fraction of sp³-hybridized carbons (Fsp3) is 0.278. The predicted octanol–water partition coefficient (Wildman–Crippen LogP) is 3.65. The number of aliphatic imine (C=N–C) groups is 1. The van der Waals surface area contributed by atoms with Gasteiger partial charge in [0, 0.05) is 17.8 Å². The van der Waals surface area contributed by atoms with Gasteiger partial charge in [0.1, 0.15) is 17.4 Å². The van der Waals surface area contributed by atoms with Gasteiger partial charge in [-0.3, -0.25) is 0 Å². The summed E-state index contributed by atoms with van der Waals surface area (Å²) in [5, 5.41) is 3.02. The highest BCUT2D eigenvalue weighted by Crippen LogP contribution is 2.39. The Hall–Kier alpha value is -2.63. The first-order chi connectivity index (χ1) is 11.5. The lowest BCUT2D eigenvalue weighted by atomic mass is 9.76. The molecule has 0 bridgehead atoms. The second-order valence-corrected chi connectivity index (χ2v) is 5.90. The molecule has 2 aromatic rings. The molecular weight excluding hydrogens is 312 g/mol. The van der Waals surface area contributed by atoms with E-state index in [2.05, 4.69) is 10.3 Å². The summed E-state index contributed by atoms with van der Waals surface area (Å²) in [6.45, 7) is 0. The van der Waals surface area contributed by atoms with Crippen LogP contribution in [0.2, 0.25) is 0 Å². The number of benzene rings is 2. The predicted molar refractivity (Wildman–Crippen MR) is 90.4 cm³/mol. The van der Waals surface area contributed by atoms with Crippen LogP contribution in [-0.4, -0.2) is 19.1 Å². The summed E-state index contributed by atoms with van der Waals surface area (Å²) in [4.78, 5) is 4.41. The number of nitrogens with two attached hydrogens (primary N) is 1. The number of rotatable bonds is 4. The molecule has 0 aliphatic heterocycles. The van der Waals surface area contributed by atoms with Crippen LogP contribution in [0.25, 0.3) is 0 Å². The van der Waals surface area contributed by atoms with Crippen LogP contribution in [0.1, 0.15) is 24.3 Å². The molecule has 1 saturated carbocycles. The zero-order valence-corrected chi connectivity index (χ0v) is 13.3. The summed E-state index contributed by atoms with van der Waals surface area (Å²) in [6.07, 6.45) is 1.45. The molecule has 2 aromatic carbocycles. The van der Waals surface area contributed by atoms with Crippen molar-refractivity contribution < 1.29 is 13.5 Å². The molecule has 0 radical (unpaired) electrons. The van der Waals surface area contributed by atoms with Gasteiger partial charge in [0.25, 0.3) is 0 Å². The second kappa shape index (κ2) is 6.86. The van der Waals surface area contributed by atoms with E-state index < -0.39 is 11.6 Å².